The van der Waals surface area contributed by atoms with Crippen molar-refractivity contribution in [3.63, 3.8) is 0 Å². The number of nitrogens with one attached hydrogen (secondary N) is 1. The molecule has 35 heavy (non-hydrogen) atoms. The number of carboxylic acid groups (broad SMARTS) is 1. The molecule has 0 aliphatic heterocycles. The summed E-state index contributed by atoms with van der Waals surface area (Å²) in [6.07, 6.45) is 0. The number of para-hydroxylation sites is 1. The van der Waals surface area contributed by atoms with Crippen molar-refractivity contribution in [1.29, 1.82) is 0 Å². The van der Waals surface area contributed by atoms with Crippen LogP contribution < -0.4 is 4.74 Å². The standard InChI is InChI=1S/C24H20N6O3.2Na/c1-2-33-24-25-20-9-5-8-19(23(31)32)21(20)30(24)14-15-10-12-16(13-11-15)17-6-3-4-7-18(17)22-26-28-29-27-22;;/h3-13H,2,14H2,1H3,(H,31,32)(H,26,27,28,29);;. The Labute approximate surface area is 245 Å². The third-order valence-electron chi connectivity index (χ3n) is 5.35. The number of rotatable bonds is 7. The number of carboxylic acids is 1. The van der Waals surface area contributed by atoms with Gasteiger partial charge in [0.1, 0.15) is 0 Å². The molecule has 5 rings (SSSR count). The van der Waals surface area contributed by atoms with Gasteiger partial charge in [0, 0.05) is 64.7 Å². The van der Waals surface area contributed by atoms with E-state index < -0.39 is 5.97 Å². The number of aromatic nitrogens is 6. The zero-order valence-corrected chi connectivity index (χ0v) is 23.8. The van der Waals surface area contributed by atoms with E-state index in [-0.39, 0.29) is 64.7 Å². The van der Waals surface area contributed by atoms with Crippen LogP contribution >= 0.6 is 0 Å². The van der Waals surface area contributed by atoms with Gasteiger partial charge in [0.2, 0.25) is 5.82 Å². The maximum atomic E-state index is 11.8. The summed E-state index contributed by atoms with van der Waals surface area (Å²) in [6, 6.07) is 21.4. The van der Waals surface area contributed by atoms with Crippen molar-refractivity contribution in [3.8, 4) is 28.5 Å². The van der Waals surface area contributed by atoms with Crippen molar-refractivity contribution in [2.45, 2.75) is 13.5 Å². The predicted octanol–water partition coefficient (Wildman–Crippen LogP) is 3.27. The fraction of sp³-hybridized carbons (Fsp3) is 0.125. The van der Waals surface area contributed by atoms with E-state index in [4.69, 9.17) is 4.74 Å². The number of aromatic amines is 1. The molecule has 0 spiro atoms. The number of hydrogen-bond acceptors (Lipinski definition) is 6. The van der Waals surface area contributed by atoms with Crippen LogP contribution in [-0.2, 0) is 6.54 Å². The summed E-state index contributed by atoms with van der Waals surface area (Å²) in [7, 11) is 0. The second kappa shape index (κ2) is 11.9. The second-order valence-corrected chi connectivity index (χ2v) is 7.37. The van der Waals surface area contributed by atoms with Gasteiger partial charge < -0.3 is 9.84 Å². The third kappa shape index (κ3) is 5.50. The Balaban J connectivity index is 0.00000171. The van der Waals surface area contributed by atoms with Crippen molar-refractivity contribution in [1.82, 2.24) is 30.2 Å². The molecule has 5 aromatic rings. The molecule has 0 bridgehead atoms. The Morgan fingerprint density at radius 1 is 1.00 bits per heavy atom. The van der Waals surface area contributed by atoms with E-state index in [1.807, 2.05) is 60.0 Å². The van der Waals surface area contributed by atoms with Crippen molar-refractivity contribution in [2.24, 2.45) is 0 Å². The summed E-state index contributed by atoms with van der Waals surface area (Å²) in [6.45, 7) is 2.72. The number of ether oxygens (including phenoxy) is 1. The maximum absolute atomic E-state index is 11.8. The summed E-state index contributed by atoms with van der Waals surface area (Å²) >= 11 is 0. The van der Waals surface area contributed by atoms with Gasteiger partial charge in [-0.1, -0.05) is 54.6 Å². The normalized spacial score (nSPS) is 10.4. The van der Waals surface area contributed by atoms with Gasteiger partial charge in [-0.15, -0.1) is 10.2 Å². The Morgan fingerprint density at radius 3 is 2.40 bits per heavy atom. The Morgan fingerprint density at radius 2 is 1.74 bits per heavy atom. The van der Waals surface area contributed by atoms with Crippen molar-refractivity contribution >= 4 is 76.1 Å². The average Bonchev–Trinajstić information content (AvgIpc) is 3.49. The van der Waals surface area contributed by atoms with Gasteiger partial charge in [0.05, 0.1) is 29.7 Å². The molecule has 2 radical (unpaired) electrons. The fourth-order valence-corrected chi connectivity index (χ4v) is 3.90. The van der Waals surface area contributed by atoms with Crippen LogP contribution in [0.15, 0.2) is 66.7 Å². The molecule has 166 valence electrons. The van der Waals surface area contributed by atoms with Crippen molar-refractivity contribution in [3.05, 3.63) is 77.9 Å². The van der Waals surface area contributed by atoms with Crippen LogP contribution in [0.3, 0.4) is 0 Å². The molecule has 0 fully saturated rings. The van der Waals surface area contributed by atoms with E-state index >= 15 is 0 Å². The molecule has 11 heteroatoms. The summed E-state index contributed by atoms with van der Waals surface area (Å²) in [5.41, 5.74) is 5.17. The molecular weight excluding hydrogens is 466 g/mol. The van der Waals surface area contributed by atoms with Gasteiger partial charge in [0.15, 0.2) is 0 Å². The number of tetrazole rings is 1. The first-order chi connectivity index (χ1) is 16.2. The first-order valence-electron chi connectivity index (χ1n) is 10.4. The van der Waals surface area contributed by atoms with Gasteiger partial charge in [-0.25, -0.2) is 4.79 Å². The molecule has 0 saturated carbocycles. The summed E-state index contributed by atoms with van der Waals surface area (Å²) in [5, 5.41) is 24.0. The first-order valence-corrected chi connectivity index (χ1v) is 10.4. The van der Waals surface area contributed by atoms with E-state index in [0.29, 0.717) is 36.0 Å². The minimum atomic E-state index is -1.00. The Kier molecular flexibility index (Phi) is 9.23. The van der Waals surface area contributed by atoms with Gasteiger partial charge in [0.25, 0.3) is 6.01 Å². The molecule has 0 atom stereocenters. The topological polar surface area (TPSA) is 119 Å². The number of fused-ring (bicyclic) bond motifs is 1. The summed E-state index contributed by atoms with van der Waals surface area (Å²) < 4.78 is 7.53. The van der Waals surface area contributed by atoms with Crippen LogP contribution in [-0.4, -0.2) is 107 Å². The van der Waals surface area contributed by atoms with Gasteiger partial charge in [-0.05, 0) is 41.0 Å². The maximum Gasteiger partial charge on any atom is 0.337 e. The second-order valence-electron chi connectivity index (χ2n) is 7.37. The van der Waals surface area contributed by atoms with E-state index in [1.54, 1.807) is 18.2 Å². The average molecular weight is 486 g/mol. The number of imidazole rings is 1. The fourth-order valence-electron chi connectivity index (χ4n) is 3.90. The van der Waals surface area contributed by atoms with Gasteiger partial charge in [-0.2, -0.15) is 10.2 Å². The van der Waals surface area contributed by atoms with Gasteiger partial charge in [-0.3, -0.25) is 4.57 Å². The minimum absolute atomic E-state index is 0. The zero-order valence-electron chi connectivity index (χ0n) is 19.8. The largest absolute Gasteiger partial charge is 0.478 e. The molecule has 9 nitrogen and oxygen atoms in total. The first kappa shape index (κ1) is 27.1. The van der Waals surface area contributed by atoms with E-state index in [2.05, 4.69) is 25.6 Å². The molecule has 0 saturated heterocycles. The van der Waals surface area contributed by atoms with Gasteiger partial charge >= 0.3 is 5.97 Å². The summed E-state index contributed by atoms with van der Waals surface area (Å²) in [5.74, 6) is -0.472. The van der Waals surface area contributed by atoms with Crippen LogP contribution in [0.2, 0.25) is 0 Å². The van der Waals surface area contributed by atoms with Crippen molar-refractivity contribution in [2.75, 3.05) is 6.61 Å². The quantitative estimate of drug-likeness (QED) is 0.339. The van der Waals surface area contributed by atoms with Crippen LogP contribution in [0.4, 0.5) is 0 Å². The molecule has 2 aromatic heterocycles. The van der Waals surface area contributed by atoms with E-state index in [9.17, 15) is 9.90 Å². The number of H-pyrrole nitrogens is 1. The number of carbonyl (C=O) groups is 1. The smallest absolute Gasteiger partial charge is 0.337 e. The van der Waals surface area contributed by atoms with Crippen LogP contribution in [0, 0.1) is 0 Å². The number of nitrogens with zero attached hydrogens (tertiary/aromatic N) is 5. The SMILES string of the molecule is CCOc1nc2cccc(C(=O)O)c2n1Cc1ccc(-c2ccccc2-c2nn[nH]n2)cc1.[Na].[Na]. The minimum Gasteiger partial charge on any atom is -0.478 e. The number of benzene rings is 3. The van der Waals surface area contributed by atoms with Crippen LogP contribution in [0.5, 0.6) is 6.01 Å². The van der Waals surface area contributed by atoms with Crippen LogP contribution in [0.1, 0.15) is 22.8 Å². The zero-order chi connectivity index (χ0) is 22.8. The molecular formula is C24H20N6Na2O3. The molecule has 0 aliphatic carbocycles. The molecule has 0 unspecified atom stereocenters. The predicted molar refractivity (Wildman–Crippen MR) is 134 cm³/mol. The Hall–Kier alpha value is -2.53. The number of hydrogen-bond donors (Lipinski definition) is 2. The molecule has 0 amide bonds. The number of aromatic carboxylic acids is 1. The molecule has 3 aromatic carbocycles. The summed E-state index contributed by atoms with van der Waals surface area (Å²) in [4.78, 5) is 16.3. The third-order valence-corrected chi connectivity index (χ3v) is 5.35. The van der Waals surface area contributed by atoms with Crippen molar-refractivity contribution < 1.29 is 14.6 Å². The Bertz CT molecular complexity index is 1440. The monoisotopic (exact) mass is 486 g/mol. The van der Waals surface area contributed by atoms with Crippen LogP contribution in [0.25, 0.3) is 33.5 Å². The molecule has 0 aliphatic rings. The molecule has 2 N–H and O–H groups in total. The molecule has 2 heterocycles. The van der Waals surface area contributed by atoms with E-state index in [1.165, 1.54) is 0 Å². The van der Waals surface area contributed by atoms with E-state index in [0.717, 1.165) is 22.3 Å².